The number of likely N-dealkylation sites (tertiary alicyclic amines) is 1. The van der Waals surface area contributed by atoms with E-state index in [4.69, 9.17) is 0 Å². The van der Waals surface area contributed by atoms with E-state index >= 15 is 0 Å². The SMILES string of the molecule is CC(O)c1ccc(NC(=O)N2CCCC2CN(C)C)cc1. The minimum atomic E-state index is -0.488. The van der Waals surface area contributed by atoms with Crippen LogP contribution in [0, 0.1) is 0 Å². The van der Waals surface area contributed by atoms with Crippen molar-refractivity contribution in [1.29, 1.82) is 0 Å². The number of anilines is 1. The van der Waals surface area contributed by atoms with Gasteiger partial charge in [0.15, 0.2) is 0 Å². The summed E-state index contributed by atoms with van der Waals surface area (Å²) in [6, 6.07) is 7.58. The van der Waals surface area contributed by atoms with Crippen molar-refractivity contribution < 1.29 is 9.90 Å². The number of rotatable bonds is 4. The highest BCUT2D eigenvalue weighted by molar-refractivity contribution is 5.89. The first kappa shape index (κ1) is 15.8. The van der Waals surface area contributed by atoms with Gasteiger partial charge in [-0.1, -0.05) is 12.1 Å². The number of aliphatic hydroxyl groups excluding tert-OH is 1. The van der Waals surface area contributed by atoms with Crippen LogP contribution in [-0.4, -0.2) is 54.2 Å². The zero-order valence-corrected chi connectivity index (χ0v) is 13.0. The molecule has 1 saturated heterocycles. The Kier molecular flexibility index (Phi) is 5.20. The van der Waals surface area contributed by atoms with Crippen LogP contribution in [0.15, 0.2) is 24.3 Å². The molecule has 21 heavy (non-hydrogen) atoms. The molecule has 1 fully saturated rings. The Bertz CT molecular complexity index is 471. The molecule has 2 rings (SSSR count). The zero-order chi connectivity index (χ0) is 15.4. The molecule has 2 unspecified atom stereocenters. The Morgan fingerprint density at radius 2 is 2.10 bits per heavy atom. The Morgan fingerprint density at radius 3 is 2.67 bits per heavy atom. The molecular formula is C16H25N3O2. The van der Waals surface area contributed by atoms with Gasteiger partial charge in [-0.2, -0.15) is 0 Å². The van der Waals surface area contributed by atoms with Crippen molar-refractivity contribution in [2.24, 2.45) is 0 Å². The summed E-state index contributed by atoms with van der Waals surface area (Å²) < 4.78 is 0. The van der Waals surface area contributed by atoms with Crippen molar-refractivity contribution in [3.63, 3.8) is 0 Å². The van der Waals surface area contributed by atoms with Crippen molar-refractivity contribution in [3.8, 4) is 0 Å². The second kappa shape index (κ2) is 6.91. The number of carbonyl (C=O) groups is 1. The predicted octanol–water partition coefficient (Wildman–Crippen LogP) is 2.30. The molecule has 1 aromatic rings. The maximum absolute atomic E-state index is 12.4. The van der Waals surface area contributed by atoms with Crippen LogP contribution in [0.25, 0.3) is 0 Å². The lowest BCUT2D eigenvalue weighted by Gasteiger charge is -2.27. The fourth-order valence-corrected chi connectivity index (χ4v) is 2.75. The van der Waals surface area contributed by atoms with E-state index in [1.54, 1.807) is 6.92 Å². The van der Waals surface area contributed by atoms with Crippen LogP contribution in [-0.2, 0) is 0 Å². The van der Waals surface area contributed by atoms with Gasteiger partial charge in [0, 0.05) is 24.8 Å². The standard InChI is InChI=1S/C16H25N3O2/c1-12(20)13-6-8-14(9-7-13)17-16(21)19-10-4-5-15(19)11-18(2)3/h6-9,12,15,20H,4-5,10-11H2,1-3H3,(H,17,21). The first-order chi connectivity index (χ1) is 9.97. The van der Waals surface area contributed by atoms with Crippen LogP contribution < -0.4 is 5.32 Å². The van der Waals surface area contributed by atoms with Gasteiger partial charge in [-0.05, 0) is 51.6 Å². The number of hydrogen-bond donors (Lipinski definition) is 2. The van der Waals surface area contributed by atoms with Crippen LogP contribution in [0.4, 0.5) is 10.5 Å². The summed E-state index contributed by atoms with van der Waals surface area (Å²) in [5, 5.41) is 12.4. The number of benzene rings is 1. The van der Waals surface area contributed by atoms with E-state index in [9.17, 15) is 9.90 Å². The summed E-state index contributed by atoms with van der Waals surface area (Å²) in [5.41, 5.74) is 1.61. The smallest absolute Gasteiger partial charge is 0.322 e. The summed E-state index contributed by atoms with van der Waals surface area (Å²) >= 11 is 0. The number of amides is 2. The molecule has 1 aliphatic heterocycles. The van der Waals surface area contributed by atoms with Gasteiger partial charge in [0.1, 0.15) is 0 Å². The molecule has 5 heteroatoms. The Hall–Kier alpha value is -1.59. The highest BCUT2D eigenvalue weighted by atomic mass is 16.3. The van der Waals surface area contributed by atoms with Crippen LogP contribution in [0.2, 0.25) is 0 Å². The van der Waals surface area contributed by atoms with Gasteiger partial charge in [0.2, 0.25) is 0 Å². The topological polar surface area (TPSA) is 55.8 Å². The Balaban J connectivity index is 1.97. The van der Waals surface area contributed by atoms with Gasteiger partial charge >= 0.3 is 6.03 Å². The van der Waals surface area contributed by atoms with Gasteiger partial charge in [-0.25, -0.2) is 4.79 Å². The quantitative estimate of drug-likeness (QED) is 0.895. The minimum Gasteiger partial charge on any atom is -0.389 e. The van der Waals surface area contributed by atoms with Crippen LogP contribution >= 0.6 is 0 Å². The zero-order valence-electron chi connectivity index (χ0n) is 13.0. The fourth-order valence-electron chi connectivity index (χ4n) is 2.75. The first-order valence-electron chi connectivity index (χ1n) is 7.47. The van der Waals surface area contributed by atoms with E-state index in [0.29, 0.717) is 0 Å². The molecule has 1 aromatic carbocycles. The third-order valence-electron chi connectivity index (χ3n) is 3.86. The van der Waals surface area contributed by atoms with E-state index in [1.807, 2.05) is 43.3 Å². The Labute approximate surface area is 126 Å². The number of aliphatic hydroxyl groups is 1. The second-order valence-electron chi connectivity index (χ2n) is 5.98. The molecule has 5 nitrogen and oxygen atoms in total. The van der Waals surface area contributed by atoms with Gasteiger partial charge in [0.05, 0.1) is 6.10 Å². The van der Waals surface area contributed by atoms with Crippen LogP contribution in [0.3, 0.4) is 0 Å². The highest BCUT2D eigenvalue weighted by Crippen LogP contribution is 2.20. The average molecular weight is 291 g/mol. The summed E-state index contributed by atoms with van der Waals surface area (Å²) in [6.07, 6.45) is 1.64. The third kappa shape index (κ3) is 4.19. The molecule has 1 heterocycles. The number of urea groups is 1. The van der Waals surface area contributed by atoms with Crippen LogP contribution in [0.5, 0.6) is 0 Å². The summed E-state index contributed by atoms with van der Waals surface area (Å²) in [7, 11) is 4.06. The van der Waals surface area contributed by atoms with Gasteiger partial charge in [0.25, 0.3) is 0 Å². The molecule has 2 atom stereocenters. The molecule has 2 amide bonds. The average Bonchev–Trinajstić information content (AvgIpc) is 2.86. The molecule has 1 aliphatic rings. The van der Waals surface area contributed by atoms with Crippen molar-refractivity contribution in [2.45, 2.75) is 31.9 Å². The molecule has 0 aliphatic carbocycles. The number of hydrogen-bond acceptors (Lipinski definition) is 3. The number of carbonyl (C=O) groups excluding carboxylic acids is 1. The number of nitrogens with zero attached hydrogens (tertiary/aromatic N) is 2. The van der Waals surface area contributed by atoms with E-state index in [0.717, 1.165) is 37.2 Å². The van der Waals surface area contributed by atoms with E-state index in [2.05, 4.69) is 10.2 Å². The largest absolute Gasteiger partial charge is 0.389 e. The summed E-state index contributed by atoms with van der Waals surface area (Å²) in [6.45, 7) is 3.44. The maximum atomic E-state index is 12.4. The van der Waals surface area contributed by atoms with Crippen molar-refractivity contribution >= 4 is 11.7 Å². The van der Waals surface area contributed by atoms with Gasteiger partial charge < -0.3 is 20.2 Å². The number of likely N-dealkylation sites (N-methyl/N-ethyl adjacent to an activating group) is 1. The van der Waals surface area contributed by atoms with E-state index in [-0.39, 0.29) is 12.1 Å². The van der Waals surface area contributed by atoms with Crippen molar-refractivity contribution in [1.82, 2.24) is 9.80 Å². The maximum Gasteiger partial charge on any atom is 0.322 e. The lowest BCUT2D eigenvalue weighted by atomic mass is 10.1. The fraction of sp³-hybridized carbons (Fsp3) is 0.562. The van der Waals surface area contributed by atoms with Crippen LogP contribution in [0.1, 0.15) is 31.4 Å². The third-order valence-corrected chi connectivity index (χ3v) is 3.86. The molecule has 0 spiro atoms. The first-order valence-corrected chi connectivity index (χ1v) is 7.47. The lowest BCUT2D eigenvalue weighted by molar-refractivity contribution is 0.193. The molecule has 0 bridgehead atoms. The second-order valence-corrected chi connectivity index (χ2v) is 5.98. The minimum absolute atomic E-state index is 0.0378. The van der Waals surface area contributed by atoms with E-state index in [1.165, 1.54) is 0 Å². The molecule has 116 valence electrons. The summed E-state index contributed by atoms with van der Waals surface area (Å²) in [4.78, 5) is 16.4. The van der Waals surface area contributed by atoms with Gasteiger partial charge in [-0.3, -0.25) is 0 Å². The molecule has 0 saturated carbocycles. The molecular weight excluding hydrogens is 266 g/mol. The number of nitrogens with one attached hydrogen (secondary N) is 1. The van der Waals surface area contributed by atoms with Crippen molar-refractivity contribution in [3.05, 3.63) is 29.8 Å². The molecule has 0 radical (unpaired) electrons. The normalized spacial score (nSPS) is 19.9. The van der Waals surface area contributed by atoms with Crippen molar-refractivity contribution in [2.75, 3.05) is 32.5 Å². The molecule has 2 N–H and O–H groups in total. The monoisotopic (exact) mass is 291 g/mol. The highest BCUT2D eigenvalue weighted by Gasteiger charge is 2.28. The lowest BCUT2D eigenvalue weighted by Crippen LogP contribution is -2.43. The predicted molar refractivity (Wildman–Crippen MR) is 84.4 cm³/mol. The Morgan fingerprint density at radius 1 is 1.43 bits per heavy atom. The van der Waals surface area contributed by atoms with E-state index < -0.39 is 6.10 Å². The van der Waals surface area contributed by atoms with Gasteiger partial charge in [-0.15, -0.1) is 0 Å². The summed E-state index contributed by atoms with van der Waals surface area (Å²) in [5.74, 6) is 0. The molecule has 0 aromatic heterocycles.